The predicted molar refractivity (Wildman–Crippen MR) is 95.7 cm³/mol. The van der Waals surface area contributed by atoms with E-state index < -0.39 is 16.1 Å². The Morgan fingerprint density at radius 3 is 2.60 bits per heavy atom. The molecule has 0 aliphatic heterocycles. The van der Waals surface area contributed by atoms with Crippen LogP contribution in [-0.4, -0.2) is 30.5 Å². The summed E-state index contributed by atoms with van der Waals surface area (Å²) in [6.07, 6.45) is 1.34. The monoisotopic (exact) mass is 365 g/mol. The molecule has 2 aromatic rings. The van der Waals surface area contributed by atoms with Gasteiger partial charge in [0.1, 0.15) is 0 Å². The normalized spacial score (nSPS) is 12.8. The zero-order valence-corrected chi connectivity index (χ0v) is 15.3. The van der Waals surface area contributed by atoms with Gasteiger partial charge < -0.3 is 15.0 Å². The first kappa shape index (κ1) is 19.2. The molecule has 1 atom stereocenters. The van der Waals surface area contributed by atoms with E-state index in [1.54, 1.807) is 29.7 Å². The van der Waals surface area contributed by atoms with Crippen molar-refractivity contribution in [1.29, 1.82) is 0 Å². The van der Waals surface area contributed by atoms with Gasteiger partial charge in [-0.2, -0.15) is 0 Å². The Morgan fingerprint density at radius 2 is 2.04 bits per heavy atom. The molecule has 1 amide bonds. The Hall–Kier alpha value is -2.16. The molecule has 1 aromatic carbocycles. The van der Waals surface area contributed by atoms with Gasteiger partial charge >= 0.3 is 0 Å². The predicted octanol–water partition coefficient (Wildman–Crippen LogP) is 1.69. The summed E-state index contributed by atoms with van der Waals surface area (Å²) in [7, 11) is -1.87. The van der Waals surface area contributed by atoms with Crippen LogP contribution in [0.4, 0.5) is 5.69 Å². The molecule has 0 fully saturated rings. The number of aliphatic hydroxyl groups is 1. The van der Waals surface area contributed by atoms with Crippen molar-refractivity contribution in [2.45, 2.75) is 31.3 Å². The van der Waals surface area contributed by atoms with Crippen LogP contribution in [0, 0.1) is 6.92 Å². The van der Waals surface area contributed by atoms with Gasteiger partial charge in [-0.05, 0) is 49.2 Å². The van der Waals surface area contributed by atoms with Gasteiger partial charge in [0, 0.05) is 38.1 Å². The number of carbonyl (C=O) groups excluding carboxylic acids is 1. The van der Waals surface area contributed by atoms with E-state index in [2.05, 4.69) is 10.0 Å². The molecule has 8 heteroatoms. The number of nitrogens with zero attached hydrogens (tertiary/aromatic N) is 1. The van der Waals surface area contributed by atoms with Gasteiger partial charge in [-0.15, -0.1) is 0 Å². The van der Waals surface area contributed by atoms with Crippen molar-refractivity contribution in [3.8, 4) is 0 Å². The average molecular weight is 365 g/mol. The highest BCUT2D eigenvalue weighted by Gasteiger charge is 2.18. The van der Waals surface area contributed by atoms with Crippen molar-refractivity contribution in [2.75, 3.05) is 11.9 Å². The van der Waals surface area contributed by atoms with Gasteiger partial charge in [0.05, 0.1) is 11.0 Å². The maximum absolute atomic E-state index is 12.4. The smallest absolute Gasteiger partial charge is 0.240 e. The molecule has 0 radical (unpaired) electrons. The van der Waals surface area contributed by atoms with Crippen molar-refractivity contribution in [1.82, 2.24) is 9.29 Å². The third-order valence-corrected chi connectivity index (χ3v) is 5.44. The molecule has 0 aliphatic rings. The number of nitrogens with one attached hydrogen (secondary N) is 2. The molecule has 7 nitrogen and oxygen atoms in total. The Balaban J connectivity index is 2.02. The molecule has 1 heterocycles. The standard InChI is InChI=1S/C17H23N3O4S/c1-12-11-14(19-13(2)21)6-7-17(12)25(23,24)18-9-8-16(22)15-5-4-10-20(15)3/h4-7,10-11,16,18,22H,8-9H2,1-3H3,(H,19,21). The number of benzene rings is 1. The zero-order valence-electron chi connectivity index (χ0n) is 14.5. The molecule has 1 aromatic heterocycles. The highest BCUT2D eigenvalue weighted by atomic mass is 32.2. The average Bonchev–Trinajstić information content (AvgIpc) is 2.92. The van der Waals surface area contributed by atoms with Gasteiger partial charge in [-0.1, -0.05) is 0 Å². The van der Waals surface area contributed by atoms with E-state index in [-0.39, 0.29) is 23.8 Å². The van der Waals surface area contributed by atoms with Crippen LogP contribution in [0.15, 0.2) is 41.4 Å². The number of hydrogen-bond donors (Lipinski definition) is 3. The largest absolute Gasteiger partial charge is 0.387 e. The molecule has 0 saturated carbocycles. The number of rotatable bonds is 7. The van der Waals surface area contributed by atoms with Crippen molar-refractivity contribution in [3.63, 3.8) is 0 Å². The number of sulfonamides is 1. The molecule has 0 saturated heterocycles. The van der Waals surface area contributed by atoms with Gasteiger partial charge in [0.15, 0.2) is 0 Å². The fourth-order valence-corrected chi connectivity index (χ4v) is 3.88. The first-order valence-corrected chi connectivity index (χ1v) is 9.36. The minimum absolute atomic E-state index is 0.113. The maximum Gasteiger partial charge on any atom is 0.240 e. The van der Waals surface area contributed by atoms with Gasteiger partial charge in [-0.25, -0.2) is 13.1 Å². The molecule has 136 valence electrons. The summed E-state index contributed by atoms with van der Waals surface area (Å²) < 4.78 is 29.2. The molecule has 0 spiro atoms. The summed E-state index contributed by atoms with van der Waals surface area (Å²) in [5, 5.41) is 12.8. The van der Waals surface area contributed by atoms with Crippen LogP contribution in [0.3, 0.4) is 0 Å². The summed E-state index contributed by atoms with van der Waals surface area (Å²) >= 11 is 0. The fourth-order valence-electron chi connectivity index (χ4n) is 2.61. The second-order valence-corrected chi connectivity index (χ2v) is 7.64. The second-order valence-electron chi connectivity index (χ2n) is 5.91. The van der Waals surface area contributed by atoms with E-state index in [1.807, 2.05) is 19.3 Å². The molecule has 0 bridgehead atoms. The topological polar surface area (TPSA) is 100 Å². The summed E-state index contributed by atoms with van der Waals surface area (Å²) in [4.78, 5) is 11.2. The number of amides is 1. The van der Waals surface area contributed by atoms with Crippen LogP contribution in [0.2, 0.25) is 0 Å². The first-order chi connectivity index (χ1) is 11.7. The maximum atomic E-state index is 12.4. The quantitative estimate of drug-likeness (QED) is 0.695. The lowest BCUT2D eigenvalue weighted by Gasteiger charge is -2.14. The van der Waals surface area contributed by atoms with E-state index >= 15 is 0 Å². The van der Waals surface area contributed by atoms with Gasteiger partial charge in [-0.3, -0.25) is 4.79 Å². The number of aliphatic hydroxyl groups excluding tert-OH is 1. The molecule has 2 rings (SSSR count). The molecular weight excluding hydrogens is 342 g/mol. The van der Waals surface area contributed by atoms with E-state index in [1.165, 1.54) is 13.0 Å². The Labute approximate surface area is 147 Å². The van der Waals surface area contributed by atoms with Crippen LogP contribution >= 0.6 is 0 Å². The minimum Gasteiger partial charge on any atom is -0.387 e. The second kappa shape index (κ2) is 7.81. The van der Waals surface area contributed by atoms with E-state index in [0.29, 0.717) is 11.3 Å². The summed E-state index contributed by atoms with van der Waals surface area (Å²) in [5.41, 5.74) is 1.81. The van der Waals surface area contributed by atoms with Crippen molar-refractivity contribution < 1.29 is 18.3 Å². The van der Waals surface area contributed by atoms with Gasteiger partial charge in [0.2, 0.25) is 15.9 Å². The number of aryl methyl sites for hydroxylation is 2. The molecule has 0 aliphatic carbocycles. The number of aromatic nitrogens is 1. The fraction of sp³-hybridized carbons (Fsp3) is 0.353. The number of hydrogen-bond acceptors (Lipinski definition) is 4. The Bertz CT molecular complexity index is 859. The lowest BCUT2D eigenvalue weighted by Crippen LogP contribution is -2.27. The minimum atomic E-state index is -3.69. The first-order valence-electron chi connectivity index (χ1n) is 7.88. The summed E-state index contributed by atoms with van der Waals surface area (Å²) in [5.74, 6) is -0.220. The number of anilines is 1. The SMILES string of the molecule is CC(=O)Nc1ccc(S(=O)(=O)NCCC(O)c2cccn2C)c(C)c1. The van der Waals surface area contributed by atoms with Crippen LogP contribution in [0.5, 0.6) is 0 Å². The Morgan fingerprint density at radius 1 is 1.32 bits per heavy atom. The van der Waals surface area contributed by atoms with Gasteiger partial charge in [0.25, 0.3) is 0 Å². The lowest BCUT2D eigenvalue weighted by molar-refractivity contribution is -0.114. The van der Waals surface area contributed by atoms with E-state index in [4.69, 9.17) is 0 Å². The van der Waals surface area contributed by atoms with Crippen molar-refractivity contribution >= 4 is 21.6 Å². The highest BCUT2D eigenvalue weighted by Crippen LogP contribution is 2.20. The number of carbonyl (C=O) groups is 1. The summed E-state index contributed by atoms with van der Waals surface area (Å²) in [6.45, 7) is 3.17. The van der Waals surface area contributed by atoms with E-state index in [0.717, 1.165) is 5.69 Å². The lowest BCUT2D eigenvalue weighted by atomic mass is 10.2. The van der Waals surface area contributed by atoms with Crippen LogP contribution in [0.25, 0.3) is 0 Å². The van der Waals surface area contributed by atoms with Crippen LogP contribution in [-0.2, 0) is 21.9 Å². The molecule has 1 unspecified atom stereocenters. The zero-order chi connectivity index (χ0) is 18.6. The van der Waals surface area contributed by atoms with Crippen LogP contribution in [0.1, 0.15) is 30.7 Å². The highest BCUT2D eigenvalue weighted by molar-refractivity contribution is 7.89. The van der Waals surface area contributed by atoms with E-state index in [9.17, 15) is 18.3 Å². The van der Waals surface area contributed by atoms with Crippen molar-refractivity contribution in [3.05, 3.63) is 47.8 Å². The molecular formula is C17H23N3O4S. The third-order valence-electron chi connectivity index (χ3n) is 3.82. The Kier molecular flexibility index (Phi) is 5.99. The third kappa shape index (κ3) is 4.91. The summed E-state index contributed by atoms with van der Waals surface area (Å²) in [6, 6.07) is 8.22. The van der Waals surface area contributed by atoms with Crippen LogP contribution < -0.4 is 10.0 Å². The van der Waals surface area contributed by atoms with Crippen molar-refractivity contribution in [2.24, 2.45) is 7.05 Å². The molecule has 3 N–H and O–H groups in total. The molecule has 25 heavy (non-hydrogen) atoms.